The van der Waals surface area contributed by atoms with E-state index in [2.05, 4.69) is 15.8 Å². The van der Waals surface area contributed by atoms with Gasteiger partial charge in [-0.3, -0.25) is 9.59 Å². The molecule has 0 saturated heterocycles. The lowest BCUT2D eigenvalue weighted by atomic mass is 10.2. The molecule has 0 spiro atoms. The van der Waals surface area contributed by atoms with Crippen LogP contribution in [0.2, 0.25) is 5.02 Å². The summed E-state index contributed by atoms with van der Waals surface area (Å²) >= 11 is 5.89. The Bertz CT molecular complexity index is 832. The van der Waals surface area contributed by atoms with Crippen molar-refractivity contribution in [1.29, 1.82) is 0 Å². The van der Waals surface area contributed by atoms with Gasteiger partial charge in [0.05, 0.1) is 6.21 Å². The highest BCUT2D eigenvalue weighted by Crippen LogP contribution is 2.19. The predicted molar refractivity (Wildman–Crippen MR) is 111 cm³/mol. The average Bonchev–Trinajstić information content (AvgIpc) is 2.63. The summed E-state index contributed by atoms with van der Waals surface area (Å²) in [6.07, 6.45) is 1.69. The molecule has 6 nitrogen and oxygen atoms in total. The Balaban J connectivity index is 1.76. The first-order valence-corrected chi connectivity index (χ1v) is 8.88. The van der Waals surface area contributed by atoms with E-state index < -0.39 is 0 Å². The first-order chi connectivity index (χ1) is 12.8. The van der Waals surface area contributed by atoms with Gasteiger partial charge < -0.3 is 10.2 Å². The third-order valence-corrected chi connectivity index (χ3v) is 4.09. The molecule has 2 amide bonds. The highest BCUT2D eigenvalue weighted by atomic mass is 35.5. The Labute approximate surface area is 164 Å². The fraction of sp³-hybridized carbons (Fsp3) is 0.250. The zero-order valence-corrected chi connectivity index (χ0v) is 16.4. The van der Waals surface area contributed by atoms with E-state index in [0.717, 1.165) is 16.8 Å². The Morgan fingerprint density at radius 3 is 2.37 bits per heavy atom. The van der Waals surface area contributed by atoms with Crippen LogP contribution < -0.4 is 15.6 Å². The molecule has 0 heterocycles. The summed E-state index contributed by atoms with van der Waals surface area (Å²) in [5.41, 5.74) is 5.93. The van der Waals surface area contributed by atoms with E-state index in [1.165, 1.54) is 0 Å². The summed E-state index contributed by atoms with van der Waals surface area (Å²) in [7, 11) is 3.93. The number of benzene rings is 2. The van der Waals surface area contributed by atoms with Gasteiger partial charge in [0.15, 0.2) is 0 Å². The maximum Gasteiger partial charge on any atom is 0.240 e. The van der Waals surface area contributed by atoms with Crippen molar-refractivity contribution >= 4 is 41.0 Å². The molecular weight excluding hydrogens is 364 g/mol. The molecule has 142 valence electrons. The molecule has 0 unspecified atom stereocenters. The molecule has 0 radical (unpaired) electrons. The van der Waals surface area contributed by atoms with E-state index in [9.17, 15) is 9.59 Å². The monoisotopic (exact) mass is 386 g/mol. The maximum absolute atomic E-state index is 12.0. The van der Waals surface area contributed by atoms with E-state index in [4.69, 9.17) is 11.6 Å². The van der Waals surface area contributed by atoms with E-state index >= 15 is 0 Å². The number of halogens is 1. The van der Waals surface area contributed by atoms with Crippen LogP contribution >= 0.6 is 11.6 Å². The van der Waals surface area contributed by atoms with Crippen molar-refractivity contribution < 1.29 is 9.59 Å². The lowest BCUT2D eigenvalue weighted by Crippen LogP contribution is -2.20. The Morgan fingerprint density at radius 1 is 1.07 bits per heavy atom. The second kappa shape index (κ2) is 9.73. The predicted octanol–water partition coefficient (Wildman–Crippen LogP) is 3.58. The van der Waals surface area contributed by atoms with Gasteiger partial charge in [0, 0.05) is 43.3 Å². The van der Waals surface area contributed by atoms with Crippen LogP contribution in [-0.2, 0) is 9.59 Å². The molecule has 0 aliphatic carbocycles. The summed E-state index contributed by atoms with van der Waals surface area (Å²) in [4.78, 5) is 25.8. The van der Waals surface area contributed by atoms with Crippen LogP contribution in [0.4, 0.5) is 11.4 Å². The number of nitrogens with zero attached hydrogens (tertiary/aromatic N) is 2. The molecule has 2 N–H and O–H groups in total. The van der Waals surface area contributed by atoms with Gasteiger partial charge in [0.25, 0.3) is 0 Å². The molecule has 0 bridgehead atoms. The number of nitrogens with one attached hydrogen (secondary N) is 2. The maximum atomic E-state index is 12.0. The number of aryl methyl sites for hydroxylation is 1. The first kappa shape index (κ1) is 20.5. The first-order valence-electron chi connectivity index (χ1n) is 8.50. The van der Waals surface area contributed by atoms with E-state index in [0.29, 0.717) is 10.7 Å². The van der Waals surface area contributed by atoms with Gasteiger partial charge >= 0.3 is 0 Å². The van der Waals surface area contributed by atoms with Gasteiger partial charge in [0.2, 0.25) is 11.8 Å². The van der Waals surface area contributed by atoms with E-state index in [1.807, 2.05) is 50.2 Å². The number of hydrogen-bond donors (Lipinski definition) is 2. The molecule has 2 rings (SSSR count). The molecule has 27 heavy (non-hydrogen) atoms. The van der Waals surface area contributed by atoms with Gasteiger partial charge in [0.1, 0.15) is 0 Å². The lowest BCUT2D eigenvalue weighted by Gasteiger charge is -2.11. The molecular formula is C20H23ClN4O2. The quantitative estimate of drug-likeness (QED) is 0.564. The topological polar surface area (TPSA) is 73.8 Å². The smallest absolute Gasteiger partial charge is 0.240 e. The summed E-state index contributed by atoms with van der Waals surface area (Å²) < 4.78 is 0. The molecule has 0 aliphatic heterocycles. The molecule has 0 saturated carbocycles. The number of carbonyl (C=O) groups excluding carboxylic acids is 2. The van der Waals surface area contributed by atoms with Gasteiger partial charge in [-0.25, -0.2) is 5.43 Å². The Kier molecular flexibility index (Phi) is 7.37. The summed E-state index contributed by atoms with van der Waals surface area (Å²) in [5.74, 6) is -0.557. The zero-order valence-electron chi connectivity index (χ0n) is 15.6. The average molecular weight is 387 g/mol. The second-order valence-corrected chi connectivity index (χ2v) is 6.72. The van der Waals surface area contributed by atoms with Crippen molar-refractivity contribution in [3.63, 3.8) is 0 Å². The summed E-state index contributed by atoms with van der Waals surface area (Å²) in [5, 5.41) is 7.30. The Morgan fingerprint density at radius 2 is 1.74 bits per heavy atom. The standard InChI is InChI=1S/C20H23ClN4O2/c1-14-12-16(21)6-9-18(14)23-19(26)10-11-20(27)24-22-13-15-4-7-17(8-5-15)25(2)3/h4-9,12-13H,10-11H2,1-3H3,(H,23,26)(H,24,27). The van der Waals surface area contributed by atoms with Crippen molar-refractivity contribution in [1.82, 2.24) is 5.43 Å². The van der Waals surface area contributed by atoms with Crippen molar-refractivity contribution in [2.45, 2.75) is 19.8 Å². The third kappa shape index (κ3) is 6.75. The number of amides is 2. The van der Waals surface area contributed by atoms with E-state index in [1.54, 1.807) is 24.4 Å². The summed E-state index contributed by atoms with van der Waals surface area (Å²) in [6.45, 7) is 1.86. The third-order valence-electron chi connectivity index (χ3n) is 3.85. The molecule has 7 heteroatoms. The van der Waals surface area contributed by atoms with Crippen molar-refractivity contribution in [3.05, 3.63) is 58.6 Å². The minimum atomic E-state index is -0.320. The van der Waals surface area contributed by atoms with Gasteiger partial charge in [-0.2, -0.15) is 5.10 Å². The normalized spacial score (nSPS) is 10.7. The van der Waals surface area contributed by atoms with Crippen molar-refractivity contribution in [3.8, 4) is 0 Å². The second-order valence-electron chi connectivity index (χ2n) is 6.29. The Hall–Kier alpha value is -2.86. The number of rotatable bonds is 7. The van der Waals surface area contributed by atoms with Crippen LogP contribution in [0.5, 0.6) is 0 Å². The van der Waals surface area contributed by atoms with E-state index in [-0.39, 0.29) is 24.7 Å². The SMILES string of the molecule is Cc1cc(Cl)ccc1NC(=O)CCC(=O)NN=Cc1ccc(N(C)C)cc1. The molecule has 0 fully saturated rings. The van der Waals surface area contributed by atoms with Crippen LogP contribution in [0.1, 0.15) is 24.0 Å². The summed E-state index contributed by atoms with van der Waals surface area (Å²) in [6, 6.07) is 13.0. The zero-order chi connectivity index (χ0) is 19.8. The van der Waals surface area contributed by atoms with Crippen molar-refractivity contribution in [2.24, 2.45) is 5.10 Å². The van der Waals surface area contributed by atoms with Crippen LogP contribution in [-0.4, -0.2) is 32.1 Å². The molecule has 0 aliphatic rings. The highest BCUT2D eigenvalue weighted by Gasteiger charge is 2.08. The minimum absolute atomic E-state index is 0.0510. The molecule has 2 aromatic rings. The fourth-order valence-corrected chi connectivity index (χ4v) is 2.53. The van der Waals surface area contributed by atoms with Gasteiger partial charge in [-0.15, -0.1) is 0 Å². The van der Waals surface area contributed by atoms with Crippen molar-refractivity contribution in [2.75, 3.05) is 24.3 Å². The molecule has 2 aromatic carbocycles. The van der Waals surface area contributed by atoms with Crippen LogP contribution in [0.25, 0.3) is 0 Å². The van der Waals surface area contributed by atoms with Gasteiger partial charge in [-0.05, 0) is 48.4 Å². The number of anilines is 2. The minimum Gasteiger partial charge on any atom is -0.378 e. The molecule has 0 atom stereocenters. The molecule has 0 aromatic heterocycles. The number of hydrogen-bond acceptors (Lipinski definition) is 4. The number of hydrazone groups is 1. The highest BCUT2D eigenvalue weighted by molar-refractivity contribution is 6.30. The van der Waals surface area contributed by atoms with Crippen LogP contribution in [0, 0.1) is 6.92 Å². The van der Waals surface area contributed by atoms with Gasteiger partial charge in [-0.1, -0.05) is 23.7 Å². The largest absolute Gasteiger partial charge is 0.378 e. The fourth-order valence-electron chi connectivity index (χ4n) is 2.30. The number of carbonyl (C=O) groups is 2. The van der Waals surface area contributed by atoms with Crippen LogP contribution in [0.15, 0.2) is 47.6 Å². The van der Waals surface area contributed by atoms with Crippen LogP contribution in [0.3, 0.4) is 0 Å². The lowest BCUT2D eigenvalue weighted by molar-refractivity contribution is -0.124.